The Labute approximate surface area is 151 Å². The highest BCUT2D eigenvalue weighted by Crippen LogP contribution is 2.51. The van der Waals surface area contributed by atoms with Crippen LogP contribution in [-0.4, -0.2) is 47.8 Å². The van der Waals surface area contributed by atoms with Gasteiger partial charge in [0.05, 0.1) is 31.0 Å². The molecule has 0 aromatic rings. The molecule has 0 fully saturated rings. The van der Waals surface area contributed by atoms with Gasteiger partial charge in [0, 0.05) is 0 Å². The van der Waals surface area contributed by atoms with Crippen molar-refractivity contribution in [1.29, 1.82) is 0 Å². The van der Waals surface area contributed by atoms with E-state index in [0.29, 0.717) is 5.57 Å². The first-order chi connectivity index (χ1) is 11.3. The predicted molar refractivity (Wildman–Crippen MR) is 98.9 cm³/mol. The first kappa shape index (κ1) is 24.1. The Morgan fingerprint density at radius 2 is 1.64 bits per heavy atom. The van der Waals surface area contributed by atoms with Crippen LogP contribution in [0.15, 0.2) is 11.6 Å². The summed E-state index contributed by atoms with van der Waals surface area (Å²) in [5.41, 5.74) is 0.0501. The second-order valence-corrected chi connectivity index (χ2v) is 9.49. The van der Waals surface area contributed by atoms with Crippen molar-refractivity contribution in [2.24, 2.45) is 0 Å². The van der Waals surface area contributed by atoms with Gasteiger partial charge in [-0.15, -0.1) is 0 Å². The van der Waals surface area contributed by atoms with Crippen LogP contribution in [0.4, 0.5) is 4.79 Å². The summed E-state index contributed by atoms with van der Waals surface area (Å²) >= 11 is 0. The molecule has 7 nitrogen and oxygen atoms in total. The van der Waals surface area contributed by atoms with Crippen molar-refractivity contribution >= 4 is 13.7 Å². The topological polar surface area (TPSA) is 94.1 Å². The van der Waals surface area contributed by atoms with E-state index >= 15 is 0 Å². The van der Waals surface area contributed by atoms with Crippen molar-refractivity contribution in [3.8, 4) is 0 Å². The molecule has 0 unspecified atom stereocenters. The van der Waals surface area contributed by atoms with Crippen LogP contribution in [0.25, 0.3) is 0 Å². The van der Waals surface area contributed by atoms with Gasteiger partial charge >= 0.3 is 13.7 Å². The molecule has 0 spiro atoms. The fraction of sp³-hybridized carbons (Fsp3) is 0.824. The zero-order valence-electron chi connectivity index (χ0n) is 16.7. The maximum absolute atomic E-state index is 12.9. The zero-order chi connectivity index (χ0) is 19.8. The Morgan fingerprint density at radius 3 is 2.00 bits per heavy atom. The Hall–Kier alpha value is -0.880. The van der Waals surface area contributed by atoms with E-state index in [1.54, 1.807) is 61.5 Å². The van der Waals surface area contributed by atoms with Gasteiger partial charge in [0.25, 0.3) is 0 Å². The van der Waals surface area contributed by atoms with E-state index in [4.69, 9.17) is 13.8 Å². The highest BCUT2D eigenvalue weighted by atomic mass is 31.2. The van der Waals surface area contributed by atoms with Crippen molar-refractivity contribution in [3.63, 3.8) is 0 Å². The highest BCUT2D eigenvalue weighted by molar-refractivity contribution is 7.54. The summed E-state index contributed by atoms with van der Waals surface area (Å²) < 4.78 is 29.0. The Bertz CT molecular complexity index is 482. The monoisotopic (exact) mass is 379 g/mol. The molecule has 2 N–H and O–H groups in total. The van der Waals surface area contributed by atoms with Gasteiger partial charge in [-0.2, -0.15) is 0 Å². The third-order valence-electron chi connectivity index (χ3n) is 2.57. The standard InChI is InChI=1S/C17H34NO6P/c1-12(2)23-25(21,24-13(3)4)11-14(5)9-15(10-19)18-16(20)22-17(6,7)8/h9,12-13,15,19H,10-11H2,1-8H3,(H,18,20)/t15-/m1/s1. The molecular weight excluding hydrogens is 345 g/mol. The van der Waals surface area contributed by atoms with E-state index in [0.717, 1.165) is 0 Å². The summed E-state index contributed by atoms with van der Waals surface area (Å²) in [7, 11) is -3.32. The fourth-order valence-electron chi connectivity index (χ4n) is 2.04. The van der Waals surface area contributed by atoms with Gasteiger partial charge in [-0.1, -0.05) is 11.6 Å². The number of nitrogens with one attached hydrogen (secondary N) is 1. The summed E-state index contributed by atoms with van der Waals surface area (Å²) in [6.07, 6.45) is 0.590. The number of ether oxygens (including phenoxy) is 1. The summed E-state index contributed by atoms with van der Waals surface area (Å²) in [4.78, 5) is 11.8. The lowest BCUT2D eigenvalue weighted by Gasteiger charge is -2.24. The zero-order valence-corrected chi connectivity index (χ0v) is 17.6. The van der Waals surface area contributed by atoms with Crippen molar-refractivity contribution < 1.29 is 28.3 Å². The summed E-state index contributed by atoms with van der Waals surface area (Å²) in [5, 5.41) is 12.0. The van der Waals surface area contributed by atoms with E-state index in [1.807, 2.05) is 0 Å². The molecule has 0 bridgehead atoms. The first-order valence-corrected chi connectivity index (χ1v) is 10.2. The van der Waals surface area contributed by atoms with Crippen LogP contribution < -0.4 is 5.32 Å². The predicted octanol–water partition coefficient (Wildman–Crippen LogP) is 3.86. The largest absolute Gasteiger partial charge is 0.444 e. The van der Waals surface area contributed by atoms with Crippen molar-refractivity contribution in [3.05, 3.63) is 11.6 Å². The lowest BCUT2D eigenvalue weighted by molar-refractivity contribution is 0.0498. The SMILES string of the molecule is CC(=C[C@H](CO)NC(=O)OC(C)(C)C)CP(=O)(OC(C)C)OC(C)C. The normalized spacial score (nSPS) is 14.8. The number of rotatable bonds is 9. The minimum atomic E-state index is -3.32. The van der Waals surface area contributed by atoms with Gasteiger partial charge in [-0.05, 0) is 55.4 Å². The van der Waals surface area contributed by atoms with Gasteiger partial charge in [0.1, 0.15) is 5.60 Å². The van der Waals surface area contributed by atoms with Crippen LogP contribution in [0.5, 0.6) is 0 Å². The van der Waals surface area contributed by atoms with E-state index < -0.39 is 25.3 Å². The lowest BCUT2D eigenvalue weighted by Crippen LogP contribution is -2.40. The maximum Gasteiger partial charge on any atom is 0.408 e. The highest BCUT2D eigenvalue weighted by Gasteiger charge is 2.28. The number of carbonyl (C=O) groups is 1. The van der Waals surface area contributed by atoms with Gasteiger partial charge < -0.3 is 24.2 Å². The van der Waals surface area contributed by atoms with Gasteiger partial charge in [-0.25, -0.2) is 4.79 Å². The number of hydrogen-bond acceptors (Lipinski definition) is 6. The van der Waals surface area contributed by atoms with E-state index in [2.05, 4.69) is 5.32 Å². The van der Waals surface area contributed by atoms with Crippen LogP contribution >= 0.6 is 7.60 Å². The number of aliphatic hydroxyl groups excluding tert-OH is 1. The second-order valence-electron chi connectivity index (χ2n) is 7.53. The summed E-state index contributed by atoms with van der Waals surface area (Å²) in [5.74, 6) is 0. The molecule has 1 amide bonds. The third kappa shape index (κ3) is 12.2. The minimum Gasteiger partial charge on any atom is -0.444 e. The van der Waals surface area contributed by atoms with E-state index in [-0.39, 0.29) is 25.0 Å². The van der Waals surface area contributed by atoms with Crippen LogP contribution in [0.1, 0.15) is 55.4 Å². The van der Waals surface area contributed by atoms with Crippen molar-refractivity contribution in [2.75, 3.05) is 12.8 Å². The summed E-state index contributed by atoms with van der Waals surface area (Å²) in [6, 6.07) is -0.651. The van der Waals surface area contributed by atoms with Gasteiger partial charge in [-0.3, -0.25) is 4.57 Å². The first-order valence-electron chi connectivity index (χ1n) is 8.50. The molecule has 8 heteroatoms. The van der Waals surface area contributed by atoms with E-state index in [9.17, 15) is 14.5 Å². The average molecular weight is 379 g/mol. The Morgan fingerprint density at radius 1 is 1.16 bits per heavy atom. The smallest absolute Gasteiger partial charge is 0.408 e. The van der Waals surface area contributed by atoms with E-state index in [1.165, 1.54) is 0 Å². The molecule has 0 saturated heterocycles. The number of alkyl carbamates (subject to hydrolysis) is 1. The molecule has 0 aromatic carbocycles. The molecule has 0 radical (unpaired) electrons. The quantitative estimate of drug-likeness (QED) is 0.467. The minimum absolute atomic E-state index is 0.0792. The fourth-order valence-corrected chi connectivity index (χ4v) is 4.24. The molecule has 1 atom stereocenters. The van der Waals surface area contributed by atoms with Crippen LogP contribution in [0, 0.1) is 0 Å². The molecule has 25 heavy (non-hydrogen) atoms. The third-order valence-corrected chi connectivity index (χ3v) is 4.94. The summed E-state index contributed by atoms with van der Waals surface area (Å²) in [6.45, 7) is 13.9. The molecule has 0 rings (SSSR count). The number of amides is 1. The molecule has 0 saturated carbocycles. The maximum atomic E-state index is 12.9. The molecule has 0 aliphatic rings. The number of aliphatic hydroxyl groups is 1. The molecule has 0 heterocycles. The van der Waals surface area contributed by atoms with Crippen molar-refractivity contribution in [2.45, 2.75) is 79.2 Å². The van der Waals surface area contributed by atoms with Crippen LogP contribution in [-0.2, 0) is 18.3 Å². The number of hydrogen-bond donors (Lipinski definition) is 2. The van der Waals surface area contributed by atoms with Gasteiger partial charge in [0.15, 0.2) is 0 Å². The van der Waals surface area contributed by atoms with Crippen molar-refractivity contribution in [1.82, 2.24) is 5.32 Å². The molecular formula is C17H34NO6P. The molecule has 0 aliphatic carbocycles. The molecule has 148 valence electrons. The van der Waals surface area contributed by atoms with Crippen LogP contribution in [0.3, 0.4) is 0 Å². The van der Waals surface area contributed by atoms with Crippen LogP contribution in [0.2, 0.25) is 0 Å². The Kier molecular flexibility index (Phi) is 9.95. The number of carbonyl (C=O) groups excluding carboxylic acids is 1. The molecule has 0 aliphatic heterocycles. The lowest BCUT2D eigenvalue weighted by atomic mass is 10.2. The Balaban J connectivity index is 5.03. The van der Waals surface area contributed by atoms with Gasteiger partial charge in [0.2, 0.25) is 0 Å². The second kappa shape index (κ2) is 10.3. The average Bonchev–Trinajstić information content (AvgIpc) is 2.32. The molecule has 0 aromatic heterocycles. The number of allylic oxidation sites excluding steroid dienone is 1.